The van der Waals surface area contributed by atoms with Gasteiger partial charge in [0.2, 0.25) is 0 Å². The van der Waals surface area contributed by atoms with Crippen molar-refractivity contribution in [3.8, 4) is 33.4 Å². The highest BCUT2D eigenvalue weighted by atomic mass is 32.1. The molecule has 2 nitrogen and oxygen atoms in total. The van der Waals surface area contributed by atoms with E-state index in [1.807, 2.05) is 17.4 Å². The van der Waals surface area contributed by atoms with Crippen LogP contribution in [-0.2, 0) is 6.54 Å². The van der Waals surface area contributed by atoms with E-state index < -0.39 is 0 Å². The summed E-state index contributed by atoms with van der Waals surface area (Å²) < 4.78 is 9.27. The minimum absolute atomic E-state index is 0.661. The Labute approximate surface area is 329 Å². The lowest BCUT2D eigenvalue weighted by Crippen LogP contribution is -2.18. The van der Waals surface area contributed by atoms with Crippen molar-refractivity contribution in [2.45, 2.75) is 6.54 Å². The zero-order valence-corrected chi connectivity index (χ0v) is 31.3. The van der Waals surface area contributed by atoms with Gasteiger partial charge in [-0.1, -0.05) is 164 Å². The van der Waals surface area contributed by atoms with E-state index in [9.17, 15) is 0 Å². The second-order valence-electron chi connectivity index (χ2n) is 14.4. The van der Waals surface area contributed by atoms with E-state index in [0.29, 0.717) is 6.54 Å². The first-order chi connectivity index (χ1) is 27.8. The van der Waals surface area contributed by atoms with Crippen molar-refractivity contribution in [2.24, 2.45) is 0 Å². The lowest BCUT2D eigenvalue weighted by Gasteiger charge is -2.30. The molecule has 0 spiro atoms. The topological polar surface area (TPSA) is 16.4 Å². The summed E-state index contributed by atoms with van der Waals surface area (Å²) in [5.41, 5.74) is 12.3. The largest absolute Gasteiger partial charge is 0.455 e. The minimum Gasteiger partial charge on any atom is -0.455 e. The predicted molar refractivity (Wildman–Crippen MR) is 239 cm³/mol. The van der Waals surface area contributed by atoms with Gasteiger partial charge >= 0.3 is 0 Å². The molecule has 56 heavy (non-hydrogen) atoms. The van der Waals surface area contributed by atoms with Crippen LogP contribution in [0.15, 0.2) is 205 Å². The molecule has 11 rings (SSSR count). The summed E-state index contributed by atoms with van der Waals surface area (Å²) in [6, 6.07) is 72.5. The van der Waals surface area contributed by atoms with Crippen LogP contribution in [0.3, 0.4) is 0 Å². The molecule has 0 radical (unpaired) electrons. The molecule has 0 unspecified atom stereocenters. The average Bonchev–Trinajstić information content (AvgIpc) is 3.84. The predicted octanol–water partition coefficient (Wildman–Crippen LogP) is 15.4. The van der Waals surface area contributed by atoms with Crippen LogP contribution < -0.4 is 4.90 Å². The van der Waals surface area contributed by atoms with Crippen LogP contribution in [0.4, 0.5) is 11.4 Å². The summed E-state index contributed by atoms with van der Waals surface area (Å²) >= 11 is 1.87. The van der Waals surface area contributed by atoms with Crippen LogP contribution in [-0.4, -0.2) is 0 Å². The third-order valence-electron chi connectivity index (χ3n) is 11.1. The number of hydrogen-bond donors (Lipinski definition) is 0. The number of anilines is 2. The molecule has 2 aromatic heterocycles. The Bertz CT molecular complexity index is 3250. The molecule has 0 amide bonds. The number of benzene rings is 9. The van der Waals surface area contributed by atoms with Gasteiger partial charge in [-0.15, -0.1) is 11.3 Å². The van der Waals surface area contributed by atoms with Crippen LogP contribution >= 0.6 is 11.3 Å². The molecule has 0 bridgehead atoms. The highest BCUT2D eigenvalue weighted by molar-refractivity contribution is 7.25. The van der Waals surface area contributed by atoms with Crippen molar-refractivity contribution in [2.75, 3.05) is 4.90 Å². The molecule has 0 N–H and O–H groups in total. The number of furan rings is 1. The standard InChI is InChI=1S/C53H35NOS/c1-2-18-39-36(15-1)16-12-23-40(39)41-19-3-7-26-48(41)54(49-27-8-4-20-42(49)46-24-13-25-47-43-21-5-9-28-50(43)55-53(46)47)34-35-14-11-17-37(32-35)38-30-31-45-44-22-6-10-29-51(44)56-52(45)33-38/h1-33H,34H2. The van der Waals surface area contributed by atoms with Crippen molar-refractivity contribution < 1.29 is 4.42 Å². The van der Waals surface area contributed by atoms with E-state index in [0.717, 1.165) is 44.4 Å². The van der Waals surface area contributed by atoms with E-state index in [1.165, 1.54) is 58.8 Å². The number of rotatable bonds is 7. The van der Waals surface area contributed by atoms with E-state index in [4.69, 9.17) is 4.42 Å². The first-order valence-electron chi connectivity index (χ1n) is 19.1. The molecule has 0 saturated heterocycles. The molecule has 0 aliphatic rings. The van der Waals surface area contributed by atoms with Crippen LogP contribution in [0.2, 0.25) is 0 Å². The maximum atomic E-state index is 6.63. The Morgan fingerprint density at radius 3 is 1.86 bits per heavy atom. The summed E-state index contributed by atoms with van der Waals surface area (Å²) in [5.74, 6) is 0. The summed E-state index contributed by atoms with van der Waals surface area (Å²) in [7, 11) is 0. The van der Waals surface area contributed by atoms with Gasteiger partial charge in [-0.3, -0.25) is 0 Å². The first-order valence-corrected chi connectivity index (χ1v) is 19.9. The van der Waals surface area contributed by atoms with E-state index in [-0.39, 0.29) is 0 Å². The van der Waals surface area contributed by atoms with E-state index in [2.05, 4.69) is 199 Å². The number of hydrogen-bond acceptors (Lipinski definition) is 3. The monoisotopic (exact) mass is 733 g/mol. The zero-order chi connectivity index (χ0) is 37.0. The second-order valence-corrected chi connectivity index (χ2v) is 15.5. The summed E-state index contributed by atoms with van der Waals surface area (Å²) in [5, 5.41) is 7.36. The third-order valence-corrected chi connectivity index (χ3v) is 12.3. The Hall–Kier alpha value is -6.94. The number of nitrogens with zero attached hydrogens (tertiary/aromatic N) is 1. The van der Waals surface area contributed by atoms with Crippen LogP contribution in [0.5, 0.6) is 0 Å². The summed E-state index contributed by atoms with van der Waals surface area (Å²) in [4.78, 5) is 2.50. The lowest BCUT2D eigenvalue weighted by molar-refractivity contribution is 0.670. The zero-order valence-electron chi connectivity index (χ0n) is 30.5. The van der Waals surface area contributed by atoms with Gasteiger partial charge in [-0.05, 0) is 69.4 Å². The summed E-state index contributed by atoms with van der Waals surface area (Å²) in [6.45, 7) is 0.661. The maximum Gasteiger partial charge on any atom is 0.143 e. The first kappa shape index (κ1) is 32.5. The fraction of sp³-hybridized carbons (Fsp3) is 0.0189. The van der Waals surface area contributed by atoms with Gasteiger partial charge in [0.25, 0.3) is 0 Å². The molecule has 264 valence electrons. The van der Waals surface area contributed by atoms with Crippen molar-refractivity contribution in [1.82, 2.24) is 0 Å². The molecule has 11 aromatic rings. The fourth-order valence-corrected chi connectivity index (χ4v) is 9.68. The van der Waals surface area contributed by atoms with Gasteiger partial charge in [0.1, 0.15) is 11.2 Å². The molecule has 0 saturated carbocycles. The van der Waals surface area contributed by atoms with Gasteiger partial charge in [-0.2, -0.15) is 0 Å². The minimum atomic E-state index is 0.661. The van der Waals surface area contributed by atoms with Crippen molar-refractivity contribution in [1.29, 1.82) is 0 Å². The van der Waals surface area contributed by atoms with Crippen molar-refractivity contribution in [3.05, 3.63) is 206 Å². The normalized spacial score (nSPS) is 11.6. The van der Waals surface area contributed by atoms with Gasteiger partial charge in [0.05, 0.1) is 0 Å². The van der Waals surface area contributed by atoms with E-state index in [1.54, 1.807) is 0 Å². The molecule has 9 aromatic carbocycles. The van der Waals surface area contributed by atoms with Gasteiger partial charge < -0.3 is 9.32 Å². The molecule has 0 fully saturated rings. The Morgan fingerprint density at radius 2 is 0.982 bits per heavy atom. The van der Waals surface area contributed by atoms with Gasteiger partial charge in [0, 0.05) is 65.6 Å². The highest BCUT2D eigenvalue weighted by Crippen LogP contribution is 2.45. The quantitative estimate of drug-likeness (QED) is 0.162. The number of thiophene rings is 1. The van der Waals surface area contributed by atoms with Crippen LogP contribution in [0, 0.1) is 0 Å². The smallest absolute Gasteiger partial charge is 0.143 e. The SMILES string of the molecule is c1cc(CN(c2ccccc2-c2cccc3ccccc23)c2ccccc2-c2cccc3c2oc2ccccc23)cc(-c2ccc3c(c2)sc2ccccc23)c1. The molecule has 2 heterocycles. The summed E-state index contributed by atoms with van der Waals surface area (Å²) in [6.07, 6.45) is 0. The van der Waals surface area contributed by atoms with Crippen LogP contribution in [0.25, 0.3) is 86.3 Å². The maximum absolute atomic E-state index is 6.63. The fourth-order valence-electron chi connectivity index (χ4n) is 8.53. The lowest BCUT2D eigenvalue weighted by atomic mass is 9.95. The number of para-hydroxylation sites is 4. The van der Waals surface area contributed by atoms with Crippen molar-refractivity contribution in [3.63, 3.8) is 0 Å². The highest BCUT2D eigenvalue weighted by Gasteiger charge is 2.22. The molecule has 0 atom stereocenters. The number of fused-ring (bicyclic) bond motifs is 7. The Balaban J connectivity index is 1.09. The van der Waals surface area contributed by atoms with Gasteiger partial charge in [-0.25, -0.2) is 0 Å². The Kier molecular flexibility index (Phi) is 7.78. The molecule has 3 heteroatoms. The molecular weight excluding hydrogens is 699 g/mol. The Morgan fingerprint density at radius 1 is 0.393 bits per heavy atom. The molecular formula is C53H35NOS. The average molecular weight is 734 g/mol. The van der Waals surface area contributed by atoms with Gasteiger partial charge in [0.15, 0.2) is 0 Å². The van der Waals surface area contributed by atoms with Crippen molar-refractivity contribution >= 4 is 75.6 Å². The van der Waals surface area contributed by atoms with Crippen LogP contribution in [0.1, 0.15) is 5.56 Å². The molecule has 0 aliphatic carbocycles. The molecule has 0 aliphatic heterocycles. The second kappa shape index (κ2) is 13.4. The van der Waals surface area contributed by atoms with E-state index >= 15 is 0 Å². The third kappa shape index (κ3) is 5.47.